The number of ether oxygens (including phenoxy) is 5. The topological polar surface area (TPSA) is 129 Å². The highest BCUT2D eigenvalue weighted by atomic mass is 19.1. The molecular formula is C49H60F2N2O9. The molecule has 7 rings (SSSR count). The van der Waals surface area contributed by atoms with Crippen LogP contribution in [-0.4, -0.2) is 78.1 Å². The number of allylic oxidation sites excluding steroid dienone is 1. The molecule has 7 unspecified atom stereocenters. The zero-order chi connectivity index (χ0) is 43.5. The second-order valence-corrected chi connectivity index (χ2v) is 16.5. The Kier molecular flexibility index (Phi) is 15.7. The number of unbranched alkanes of at least 4 members (excludes halogenated alkanes) is 2. The lowest BCUT2D eigenvalue weighted by Crippen LogP contribution is -2.70. The lowest BCUT2D eigenvalue weighted by molar-refractivity contribution is -0.256. The molecule has 11 nitrogen and oxygen atoms in total. The second kappa shape index (κ2) is 21.5. The number of aliphatic hydroxyl groups is 2. The summed E-state index contributed by atoms with van der Waals surface area (Å²) in [6, 6.07) is 17.3. The van der Waals surface area contributed by atoms with Crippen LogP contribution >= 0.6 is 0 Å². The molecule has 1 saturated carbocycles. The molecule has 2 N–H and O–H groups in total. The lowest BCUT2D eigenvalue weighted by atomic mass is 9.55. The number of halogens is 2. The standard InChI is InChI=1S/C49H60F2N2O9/c1-3-26-60-49-44(53(48(56)57-4-2)31-33-18-20-36(50)21-19-33)30-42(52-62-45-17-9-12-27-58-45)39-28-34(13-7-10-24-54)38(15-8-11-25-55)46(47(39)49)40-29-37(22-23-43(40)61-49)59-32-35-14-5-6-16-41(35)51/h3,5-6,14,16,18-23,28-29,34,38,44-47,54-55H,1,4,7-13,15,17,24-27,30-32H2,2H3. The summed E-state index contributed by atoms with van der Waals surface area (Å²) in [6.45, 7) is 6.67. The molecule has 0 bridgehead atoms. The van der Waals surface area contributed by atoms with Crippen LogP contribution in [0.25, 0.3) is 0 Å². The van der Waals surface area contributed by atoms with Crippen molar-refractivity contribution in [3.8, 4) is 11.5 Å². The third-order valence-electron chi connectivity index (χ3n) is 12.6. The molecule has 2 fully saturated rings. The molecule has 7 atom stereocenters. The number of benzene rings is 3. The monoisotopic (exact) mass is 858 g/mol. The molecule has 2 heterocycles. The molecule has 62 heavy (non-hydrogen) atoms. The van der Waals surface area contributed by atoms with Gasteiger partial charge in [0.2, 0.25) is 12.1 Å². The van der Waals surface area contributed by atoms with Gasteiger partial charge in [-0.05, 0) is 105 Å². The van der Waals surface area contributed by atoms with Gasteiger partial charge in [0.05, 0.1) is 31.5 Å². The largest absolute Gasteiger partial charge is 0.489 e. The van der Waals surface area contributed by atoms with E-state index in [4.69, 9.17) is 33.7 Å². The second-order valence-electron chi connectivity index (χ2n) is 16.5. The molecule has 0 aromatic heterocycles. The van der Waals surface area contributed by atoms with Gasteiger partial charge in [-0.25, -0.2) is 13.6 Å². The first kappa shape index (κ1) is 45.2. The number of aliphatic hydroxyl groups excluding tert-OH is 2. The Morgan fingerprint density at radius 2 is 1.81 bits per heavy atom. The molecule has 1 amide bonds. The molecule has 4 aliphatic rings. The van der Waals surface area contributed by atoms with Gasteiger partial charge >= 0.3 is 6.09 Å². The first-order valence-electron chi connectivity index (χ1n) is 22.2. The number of fused-ring (bicyclic) bond motifs is 2. The summed E-state index contributed by atoms with van der Waals surface area (Å²) < 4.78 is 61.4. The highest BCUT2D eigenvalue weighted by Gasteiger charge is 2.65. The van der Waals surface area contributed by atoms with Crippen LogP contribution in [0.2, 0.25) is 0 Å². The highest BCUT2D eigenvalue weighted by molar-refractivity contribution is 6.03. The SMILES string of the molecule is C=CCOC12Oc3ccc(OCc4ccccc4F)cc3C3C(CCCCO)C(CCCCO)C=C(C(=NOC4CCCCO4)CC1N(Cc1ccc(F)cc1)C(=O)OCC)C32. The van der Waals surface area contributed by atoms with E-state index in [2.05, 4.69) is 12.7 Å². The molecule has 13 heteroatoms. The summed E-state index contributed by atoms with van der Waals surface area (Å²) in [4.78, 5) is 22.2. The van der Waals surface area contributed by atoms with E-state index in [0.717, 1.165) is 49.7 Å². The maximum absolute atomic E-state index is 14.8. The van der Waals surface area contributed by atoms with Crippen LogP contribution in [0.5, 0.6) is 11.5 Å². The predicted molar refractivity (Wildman–Crippen MR) is 229 cm³/mol. The van der Waals surface area contributed by atoms with E-state index in [0.29, 0.717) is 54.2 Å². The van der Waals surface area contributed by atoms with Crippen LogP contribution in [0.15, 0.2) is 96.2 Å². The highest BCUT2D eigenvalue weighted by Crippen LogP contribution is 2.62. The number of nitrogens with zero attached hydrogens (tertiary/aromatic N) is 2. The number of hydrogen-bond donors (Lipinski definition) is 2. The van der Waals surface area contributed by atoms with Crippen LogP contribution in [0.4, 0.5) is 13.6 Å². The van der Waals surface area contributed by atoms with Gasteiger partial charge in [-0.3, -0.25) is 4.90 Å². The van der Waals surface area contributed by atoms with E-state index >= 15 is 0 Å². The minimum atomic E-state index is -1.54. The van der Waals surface area contributed by atoms with Crippen molar-refractivity contribution in [2.24, 2.45) is 22.9 Å². The molecule has 2 aliphatic heterocycles. The first-order valence-corrected chi connectivity index (χ1v) is 22.2. The maximum atomic E-state index is 14.8. The average molecular weight is 859 g/mol. The van der Waals surface area contributed by atoms with Gasteiger partial charge in [0.15, 0.2) is 0 Å². The Bertz CT molecular complexity index is 2020. The lowest BCUT2D eigenvalue weighted by Gasteiger charge is -2.59. The molecule has 1 saturated heterocycles. The average Bonchev–Trinajstić information content (AvgIpc) is 3.29. The van der Waals surface area contributed by atoms with Crippen molar-refractivity contribution in [1.82, 2.24) is 4.90 Å². The Balaban J connectivity index is 1.43. The van der Waals surface area contributed by atoms with Crippen molar-refractivity contribution >= 4 is 11.8 Å². The fraction of sp³-hybridized carbons (Fsp3) is 0.510. The van der Waals surface area contributed by atoms with Gasteiger partial charge in [0.1, 0.15) is 35.8 Å². The quantitative estimate of drug-likeness (QED) is 0.0649. The molecule has 334 valence electrons. The predicted octanol–water partition coefficient (Wildman–Crippen LogP) is 9.36. The van der Waals surface area contributed by atoms with Crippen molar-refractivity contribution in [3.05, 3.63) is 119 Å². The molecular weight excluding hydrogens is 799 g/mol. The maximum Gasteiger partial charge on any atom is 0.410 e. The van der Waals surface area contributed by atoms with Crippen molar-refractivity contribution in [3.63, 3.8) is 0 Å². The van der Waals surface area contributed by atoms with Crippen LogP contribution < -0.4 is 9.47 Å². The van der Waals surface area contributed by atoms with Gasteiger partial charge in [-0.1, -0.05) is 60.5 Å². The molecule has 3 aromatic rings. The summed E-state index contributed by atoms with van der Waals surface area (Å²) in [6.07, 6.45) is 9.79. The van der Waals surface area contributed by atoms with Crippen LogP contribution in [0.3, 0.4) is 0 Å². The minimum Gasteiger partial charge on any atom is -0.489 e. The number of carbonyl (C=O) groups excluding carboxylic acids is 1. The minimum absolute atomic E-state index is 0.00981. The normalized spacial score (nSPS) is 25.8. The third kappa shape index (κ3) is 10.2. The Morgan fingerprint density at radius 1 is 1.02 bits per heavy atom. The van der Waals surface area contributed by atoms with Crippen LogP contribution in [0, 0.1) is 29.4 Å². The van der Waals surface area contributed by atoms with E-state index in [1.165, 1.54) is 18.2 Å². The van der Waals surface area contributed by atoms with Crippen molar-refractivity contribution in [2.45, 2.75) is 108 Å². The van der Waals surface area contributed by atoms with Crippen molar-refractivity contribution < 1.29 is 52.3 Å². The fourth-order valence-corrected chi connectivity index (χ4v) is 9.73. The summed E-state index contributed by atoms with van der Waals surface area (Å²) in [7, 11) is 0. The van der Waals surface area contributed by atoms with Gasteiger partial charge in [-0.2, -0.15) is 0 Å². The van der Waals surface area contributed by atoms with E-state index < -0.39 is 35.9 Å². The van der Waals surface area contributed by atoms with Crippen LogP contribution in [-0.2, 0) is 32.2 Å². The smallest absolute Gasteiger partial charge is 0.410 e. The number of rotatable bonds is 20. The number of hydrogen-bond acceptors (Lipinski definition) is 10. The summed E-state index contributed by atoms with van der Waals surface area (Å²) >= 11 is 0. The zero-order valence-corrected chi connectivity index (χ0v) is 35.6. The van der Waals surface area contributed by atoms with Crippen molar-refractivity contribution in [1.29, 1.82) is 0 Å². The summed E-state index contributed by atoms with van der Waals surface area (Å²) in [5, 5.41) is 24.8. The molecule has 2 aliphatic carbocycles. The molecule has 0 spiro atoms. The fourth-order valence-electron chi connectivity index (χ4n) is 9.73. The van der Waals surface area contributed by atoms with E-state index in [1.807, 2.05) is 12.1 Å². The number of carbonyl (C=O) groups is 1. The van der Waals surface area contributed by atoms with Gasteiger partial charge in [0.25, 0.3) is 0 Å². The molecule has 0 radical (unpaired) electrons. The Morgan fingerprint density at radius 3 is 2.53 bits per heavy atom. The zero-order valence-electron chi connectivity index (χ0n) is 35.6. The number of amides is 1. The summed E-state index contributed by atoms with van der Waals surface area (Å²) in [5.41, 5.74) is 3.44. The third-order valence-corrected chi connectivity index (χ3v) is 12.6. The van der Waals surface area contributed by atoms with E-state index in [9.17, 15) is 23.8 Å². The van der Waals surface area contributed by atoms with Gasteiger partial charge < -0.3 is 38.7 Å². The Hall–Kier alpha value is -4.82. The van der Waals surface area contributed by atoms with Crippen LogP contribution in [0.1, 0.15) is 93.7 Å². The molecule has 3 aromatic carbocycles. The summed E-state index contributed by atoms with van der Waals surface area (Å²) in [5.74, 6) is -2.14. The van der Waals surface area contributed by atoms with Crippen molar-refractivity contribution in [2.75, 3.05) is 33.0 Å². The van der Waals surface area contributed by atoms with E-state index in [-0.39, 0.29) is 69.6 Å². The van der Waals surface area contributed by atoms with E-state index in [1.54, 1.807) is 54.3 Å². The Labute approximate surface area is 363 Å². The first-order chi connectivity index (χ1) is 30.3. The van der Waals surface area contributed by atoms with Gasteiger partial charge in [0, 0.05) is 49.6 Å². The number of oxime groups is 1. The van der Waals surface area contributed by atoms with Gasteiger partial charge in [-0.15, -0.1) is 6.58 Å².